The molecule has 1 heterocycles. The van der Waals surface area contributed by atoms with Gasteiger partial charge in [-0.15, -0.1) is 0 Å². The van der Waals surface area contributed by atoms with Crippen LogP contribution in [0.1, 0.15) is 18.5 Å². The first-order chi connectivity index (χ1) is 11.2. The molecule has 23 heavy (non-hydrogen) atoms. The molecule has 2 aromatic carbocycles. The zero-order chi connectivity index (χ0) is 16.2. The maximum Gasteiger partial charge on any atom is 0.231 e. The predicted molar refractivity (Wildman–Crippen MR) is 93.3 cm³/mol. The third-order valence-corrected chi connectivity index (χ3v) is 3.81. The molecule has 6 heteroatoms. The summed E-state index contributed by atoms with van der Waals surface area (Å²) in [7, 11) is 1.65. The SMILES string of the molecule is COc1ccc(C(C)NC(=S)Nc2ccc3c(c2)OCO3)cc1. The molecular formula is C17H18N2O3S. The maximum absolute atomic E-state index is 5.37. The minimum Gasteiger partial charge on any atom is -0.497 e. The Kier molecular flexibility index (Phi) is 4.52. The maximum atomic E-state index is 5.37. The van der Waals surface area contributed by atoms with Gasteiger partial charge in [-0.1, -0.05) is 12.1 Å². The van der Waals surface area contributed by atoms with E-state index < -0.39 is 0 Å². The second-order valence-electron chi connectivity index (χ2n) is 5.16. The van der Waals surface area contributed by atoms with E-state index >= 15 is 0 Å². The Morgan fingerprint density at radius 3 is 2.61 bits per heavy atom. The summed E-state index contributed by atoms with van der Waals surface area (Å²) in [5.74, 6) is 2.31. The number of hydrogen-bond acceptors (Lipinski definition) is 4. The molecule has 0 bridgehead atoms. The van der Waals surface area contributed by atoms with Crippen LogP contribution in [-0.4, -0.2) is 19.0 Å². The fourth-order valence-electron chi connectivity index (χ4n) is 2.31. The molecule has 2 aromatic rings. The van der Waals surface area contributed by atoms with Crippen molar-refractivity contribution in [3.05, 3.63) is 48.0 Å². The molecule has 0 fully saturated rings. The molecule has 1 unspecified atom stereocenters. The Bertz CT molecular complexity index is 703. The largest absolute Gasteiger partial charge is 0.497 e. The number of thiocarbonyl (C=S) groups is 1. The Morgan fingerprint density at radius 2 is 1.87 bits per heavy atom. The average Bonchev–Trinajstić information content (AvgIpc) is 3.02. The van der Waals surface area contributed by atoms with Gasteiger partial charge in [-0.3, -0.25) is 0 Å². The van der Waals surface area contributed by atoms with Crippen molar-refractivity contribution in [2.75, 3.05) is 19.2 Å². The quantitative estimate of drug-likeness (QED) is 0.837. The third-order valence-electron chi connectivity index (χ3n) is 3.59. The van der Waals surface area contributed by atoms with Crippen LogP contribution >= 0.6 is 12.2 Å². The van der Waals surface area contributed by atoms with E-state index in [9.17, 15) is 0 Å². The van der Waals surface area contributed by atoms with Crippen LogP contribution < -0.4 is 24.8 Å². The standard InChI is InChI=1S/C17H18N2O3S/c1-11(12-3-6-14(20-2)7-4-12)18-17(23)19-13-5-8-15-16(9-13)22-10-21-15/h3-9,11H,10H2,1-2H3,(H2,18,19,23). The molecule has 0 aliphatic carbocycles. The van der Waals surface area contributed by atoms with Crippen LogP contribution in [0.4, 0.5) is 5.69 Å². The number of ether oxygens (including phenoxy) is 3. The van der Waals surface area contributed by atoms with Crippen LogP contribution in [-0.2, 0) is 0 Å². The molecule has 1 atom stereocenters. The van der Waals surface area contributed by atoms with E-state index in [1.54, 1.807) is 7.11 Å². The molecule has 0 amide bonds. The smallest absolute Gasteiger partial charge is 0.231 e. The summed E-state index contributed by atoms with van der Waals surface area (Å²) in [6, 6.07) is 13.6. The minimum atomic E-state index is 0.0786. The number of nitrogens with one attached hydrogen (secondary N) is 2. The summed E-state index contributed by atoms with van der Waals surface area (Å²) >= 11 is 5.37. The van der Waals surface area contributed by atoms with Crippen molar-refractivity contribution in [2.45, 2.75) is 13.0 Å². The fraction of sp³-hybridized carbons (Fsp3) is 0.235. The van der Waals surface area contributed by atoms with Gasteiger partial charge in [-0.05, 0) is 49.0 Å². The van der Waals surface area contributed by atoms with Crippen LogP contribution in [0.2, 0.25) is 0 Å². The van der Waals surface area contributed by atoms with Gasteiger partial charge in [0, 0.05) is 11.8 Å². The van der Waals surface area contributed by atoms with Gasteiger partial charge in [-0.2, -0.15) is 0 Å². The van der Waals surface area contributed by atoms with Crippen molar-refractivity contribution in [1.29, 1.82) is 0 Å². The lowest BCUT2D eigenvalue weighted by atomic mass is 10.1. The van der Waals surface area contributed by atoms with Crippen molar-refractivity contribution in [1.82, 2.24) is 5.32 Å². The summed E-state index contributed by atoms with van der Waals surface area (Å²) in [6.45, 7) is 2.31. The second kappa shape index (κ2) is 6.75. The van der Waals surface area contributed by atoms with E-state index in [1.165, 1.54) is 0 Å². The Morgan fingerprint density at radius 1 is 1.13 bits per heavy atom. The molecule has 3 rings (SSSR count). The minimum absolute atomic E-state index is 0.0786. The molecule has 1 aliphatic rings. The highest BCUT2D eigenvalue weighted by Gasteiger charge is 2.14. The summed E-state index contributed by atoms with van der Waals surface area (Å²) in [4.78, 5) is 0. The van der Waals surface area contributed by atoms with Gasteiger partial charge in [0.1, 0.15) is 5.75 Å². The molecule has 0 aromatic heterocycles. The molecular weight excluding hydrogens is 312 g/mol. The van der Waals surface area contributed by atoms with Gasteiger partial charge >= 0.3 is 0 Å². The van der Waals surface area contributed by atoms with E-state index in [-0.39, 0.29) is 12.8 Å². The van der Waals surface area contributed by atoms with Crippen molar-refractivity contribution >= 4 is 23.0 Å². The second-order valence-corrected chi connectivity index (χ2v) is 5.57. The van der Waals surface area contributed by atoms with E-state index in [1.807, 2.05) is 42.5 Å². The van der Waals surface area contributed by atoms with Gasteiger partial charge in [0.05, 0.1) is 13.2 Å². The first-order valence-corrected chi connectivity index (χ1v) is 7.67. The average molecular weight is 330 g/mol. The molecule has 2 N–H and O–H groups in total. The van der Waals surface area contributed by atoms with Crippen LogP contribution in [0.5, 0.6) is 17.2 Å². The van der Waals surface area contributed by atoms with E-state index in [0.717, 1.165) is 28.5 Å². The lowest BCUT2D eigenvalue weighted by molar-refractivity contribution is 0.174. The van der Waals surface area contributed by atoms with Crippen molar-refractivity contribution in [3.8, 4) is 17.2 Å². The third kappa shape index (κ3) is 3.65. The normalized spacial score (nSPS) is 13.3. The number of methoxy groups -OCH3 is 1. The summed E-state index contributed by atoms with van der Waals surface area (Å²) in [6.07, 6.45) is 0. The topological polar surface area (TPSA) is 51.8 Å². The highest BCUT2D eigenvalue weighted by Crippen LogP contribution is 2.34. The van der Waals surface area contributed by atoms with E-state index in [2.05, 4.69) is 17.6 Å². The summed E-state index contributed by atoms with van der Waals surface area (Å²) in [5, 5.41) is 6.96. The molecule has 0 saturated carbocycles. The first-order valence-electron chi connectivity index (χ1n) is 7.27. The van der Waals surface area contributed by atoms with Gasteiger partial charge in [0.15, 0.2) is 16.6 Å². The van der Waals surface area contributed by atoms with Gasteiger partial charge in [0.25, 0.3) is 0 Å². The Hall–Kier alpha value is -2.47. The van der Waals surface area contributed by atoms with Crippen molar-refractivity contribution in [3.63, 3.8) is 0 Å². The highest BCUT2D eigenvalue weighted by molar-refractivity contribution is 7.80. The van der Waals surface area contributed by atoms with Crippen LogP contribution in [0.3, 0.4) is 0 Å². The van der Waals surface area contributed by atoms with Crippen LogP contribution in [0, 0.1) is 0 Å². The van der Waals surface area contributed by atoms with Crippen molar-refractivity contribution in [2.24, 2.45) is 0 Å². The number of benzene rings is 2. The number of anilines is 1. The van der Waals surface area contributed by atoms with Gasteiger partial charge in [0.2, 0.25) is 6.79 Å². The van der Waals surface area contributed by atoms with E-state index in [4.69, 9.17) is 26.4 Å². The summed E-state index contributed by atoms with van der Waals surface area (Å²) < 4.78 is 15.8. The molecule has 5 nitrogen and oxygen atoms in total. The zero-order valence-electron chi connectivity index (χ0n) is 13.0. The lowest BCUT2D eigenvalue weighted by Crippen LogP contribution is -2.30. The first kappa shape index (κ1) is 15.4. The molecule has 1 aliphatic heterocycles. The molecule has 0 spiro atoms. The fourth-order valence-corrected chi connectivity index (χ4v) is 2.61. The van der Waals surface area contributed by atoms with Gasteiger partial charge in [-0.25, -0.2) is 0 Å². The van der Waals surface area contributed by atoms with Crippen LogP contribution in [0.25, 0.3) is 0 Å². The molecule has 0 radical (unpaired) electrons. The monoisotopic (exact) mass is 330 g/mol. The van der Waals surface area contributed by atoms with Crippen molar-refractivity contribution < 1.29 is 14.2 Å². The molecule has 0 saturated heterocycles. The lowest BCUT2D eigenvalue weighted by Gasteiger charge is -2.18. The zero-order valence-corrected chi connectivity index (χ0v) is 13.8. The van der Waals surface area contributed by atoms with E-state index in [0.29, 0.717) is 5.11 Å². The highest BCUT2D eigenvalue weighted by atomic mass is 32.1. The number of hydrogen-bond donors (Lipinski definition) is 2. The number of fused-ring (bicyclic) bond motifs is 1. The summed E-state index contributed by atoms with van der Waals surface area (Å²) in [5.41, 5.74) is 1.98. The number of rotatable bonds is 4. The van der Waals surface area contributed by atoms with Gasteiger partial charge < -0.3 is 24.8 Å². The Labute approximate surface area is 140 Å². The molecule has 120 valence electrons. The predicted octanol–water partition coefficient (Wildman–Crippen LogP) is 3.47. The Balaban J connectivity index is 1.60. The van der Waals surface area contributed by atoms with Crippen LogP contribution in [0.15, 0.2) is 42.5 Å².